The average Bonchev–Trinajstić information content (AvgIpc) is 2.36. The predicted molar refractivity (Wildman–Crippen MR) is 67.5 cm³/mol. The summed E-state index contributed by atoms with van der Waals surface area (Å²) in [6, 6.07) is 7.69. The third-order valence-electron chi connectivity index (χ3n) is 2.81. The summed E-state index contributed by atoms with van der Waals surface area (Å²) in [7, 11) is 1.39. The number of nitrogen functional groups attached to an aromatic ring is 1. The molecule has 2 aromatic rings. The summed E-state index contributed by atoms with van der Waals surface area (Å²) in [5.41, 5.74) is 6.67. The fourth-order valence-corrected chi connectivity index (χ4v) is 1.79. The van der Waals surface area contributed by atoms with Crippen molar-refractivity contribution in [1.29, 1.82) is 0 Å². The molecule has 0 aliphatic heterocycles. The lowest BCUT2D eigenvalue weighted by Gasteiger charge is -2.10. The second-order valence-electron chi connectivity index (χ2n) is 4.01. The molecule has 94 valence electrons. The maximum Gasteiger partial charge on any atom is 0.150 e. The normalized spacial score (nSPS) is 10.4. The zero-order valence-corrected chi connectivity index (χ0v) is 10.1. The van der Waals surface area contributed by atoms with Crippen LogP contribution in [0.15, 0.2) is 30.3 Å². The number of hydrogen-bond acceptors (Lipinski definition) is 2. The predicted octanol–water partition coefficient (Wildman–Crippen LogP) is 3.53. The fourth-order valence-electron chi connectivity index (χ4n) is 1.79. The van der Waals surface area contributed by atoms with Crippen LogP contribution >= 0.6 is 0 Å². The summed E-state index contributed by atoms with van der Waals surface area (Å²) in [6.45, 7) is 1.66. The van der Waals surface area contributed by atoms with Crippen LogP contribution in [0.1, 0.15) is 5.56 Å². The monoisotopic (exact) mass is 249 g/mol. The van der Waals surface area contributed by atoms with E-state index in [0.29, 0.717) is 16.7 Å². The molecule has 0 amide bonds. The number of nitrogens with two attached hydrogens (primary N) is 1. The molecule has 0 radical (unpaired) electrons. The van der Waals surface area contributed by atoms with Crippen molar-refractivity contribution in [3.05, 3.63) is 47.5 Å². The number of methoxy groups -OCH3 is 1. The van der Waals surface area contributed by atoms with Crippen LogP contribution in [-0.2, 0) is 0 Å². The minimum Gasteiger partial charge on any atom is -0.494 e. The molecule has 0 aliphatic carbocycles. The standard InChI is InChI=1S/C14H13F2NO/c1-8-4-3-5-10(13(8)16)9-6-11(15)14(17)12(7-9)18-2/h3-7H,17H2,1-2H3. The highest BCUT2D eigenvalue weighted by Gasteiger charge is 2.13. The molecule has 0 saturated heterocycles. The molecule has 2 nitrogen and oxygen atoms in total. The van der Waals surface area contributed by atoms with Crippen LogP contribution in [0.5, 0.6) is 5.75 Å². The van der Waals surface area contributed by atoms with Gasteiger partial charge in [-0.05, 0) is 30.2 Å². The molecule has 0 bridgehead atoms. The van der Waals surface area contributed by atoms with E-state index in [9.17, 15) is 8.78 Å². The van der Waals surface area contributed by atoms with Gasteiger partial charge in [-0.25, -0.2) is 8.78 Å². The van der Waals surface area contributed by atoms with Gasteiger partial charge in [0, 0.05) is 5.56 Å². The van der Waals surface area contributed by atoms with Crippen molar-refractivity contribution in [2.24, 2.45) is 0 Å². The maximum absolute atomic E-state index is 14.0. The molecule has 0 aliphatic rings. The first-order chi connectivity index (χ1) is 8.54. The maximum atomic E-state index is 14.0. The molecule has 18 heavy (non-hydrogen) atoms. The van der Waals surface area contributed by atoms with E-state index in [1.807, 2.05) is 0 Å². The summed E-state index contributed by atoms with van der Waals surface area (Å²) in [4.78, 5) is 0. The van der Waals surface area contributed by atoms with Gasteiger partial charge >= 0.3 is 0 Å². The summed E-state index contributed by atoms with van der Waals surface area (Å²) < 4.78 is 32.5. The molecule has 2 N–H and O–H groups in total. The highest BCUT2D eigenvalue weighted by atomic mass is 19.1. The summed E-state index contributed by atoms with van der Waals surface area (Å²) in [6.07, 6.45) is 0. The molecule has 0 saturated carbocycles. The number of rotatable bonds is 2. The van der Waals surface area contributed by atoms with E-state index in [2.05, 4.69) is 0 Å². The average molecular weight is 249 g/mol. The Balaban J connectivity index is 2.64. The molecule has 0 atom stereocenters. The zero-order chi connectivity index (χ0) is 13.3. The molecule has 0 unspecified atom stereocenters. The van der Waals surface area contributed by atoms with E-state index < -0.39 is 5.82 Å². The highest BCUT2D eigenvalue weighted by molar-refractivity contribution is 5.71. The number of anilines is 1. The van der Waals surface area contributed by atoms with Crippen molar-refractivity contribution in [3.63, 3.8) is 0 Å². The minimum absolute atomic E-state index is 0.0747. The first-order valence-electron chi connectivity index (χ1n) is 5.43. The Bertz CT molecular complexity index is 597. The SMILES string of the molecule is COc1cc(-c2cccc(C)c2F)cc(F)c1N. The smallest absolute Gasteiger partial charge is 0.150 e. The van der Waals surface area contributed by atoms with Crippen molar-refractivity contribution in [1.82, 2.24) is 0 Å². The lowest BCUT2D eigenvalue weighted by Crippen LogP contribution is -1.97. The van der Waals surface area contributed by atoms with Gasteiger partial charge in [0.05, 0.1) is 7.11 Å². The van der Waals surface area contributed by atoms with E-state index >= 15 is 0 Å². The van der Waals surface area contributed by atoms with Crippen LogP contribution in [0.3, 0.4) is 0 Å². The quantitative estimate of drug-likeness (QED) is 0.826. The molecule has 2 aromatic carbocycles. The number of ether oxygens (including phenoxy) is 1. The van der Waals surface area contributed by atoms with Crippen molar-refractivity contribution in [2.75, 3.05) is 12.8 Å². The van der Waals surface area contributed by atoms with E-state index in [1.165, 1.54) is 19.2 Å². The second kappa shape index (κ2) is 4.64. The van der Waals surface area contributed by atoms with Gasteiger partial charge < -0.3 is 10.5 Å². The van der Waals surface area contributed by atoms with Gasteiger partial charge in [-0.2, -0.15) is 0 Å². The fraction of sp³-hybridized carbons (Fsp3) is 0.143. The zero-order valence-electron chi connectivity index (χ0n) is 10.1. The molecule has 0 aromatic heterocycles. The van der Waals surface area contributed by atoms with Crippen molar-refractivity contribution >= 4 is 5.69 Å². The Hall–Kier alpha value is -2.10. The number of halogens is 2. The van der Waals surface area contributed by atoms with Crippen molar-refractivity contribution in [3.8, 4) is 16.9 Å². The van der Waals surface area contributed by atoms with Crippen molar-refractivity contribution in [2.45, 2.75) is 6.92 Å². The van der Waals surface area contributed by atoms with E-state index in [-0.39, 0.29) is 17.3 Å². The molecule has 0 heterocycles. The molecule has 0 fully saturated rings. The Morgan fingerprint density at radius 3 is 2.56 bits per heavy atom. The van der Waals surface area contributed by atoms with E-state index in [0.717, 1.165) is 0 Å². The van der Waals surface area contributed by atoms with Crippen LogP contribution in [0, 0.1) is 18.6 Å². The van der Waals surface area contributed by atoms with Crippen LogP contribution in [0.4, 0.5) is 14.5 Å². The van der Waals surface area contributed by atoms with Gasteiger partial charge in [-0.1, -0.05) is 18.2 Å². The van der Waals surface area contributed by atoms with Gasteiger partial charge in [0.1, 0.15) is 17.3 Å². The van der Waals surface area contributed by atoms with Crippen LogP contribution in [0.2, 0.25) is 0 Å². The molecule has 4 heteroatoms. The van der Waals surface area contributed by atoms with E-state index in [1.54, 1.807) is 25.1 Å². The summed E-state index contributed by atoms with van der Waals surface area (Å²) in [5.74, 6) is -0.792. The first kappa shape index (κ1) is 12.4. The molecule has 0 spiro atoms. The second-order valence-corrected chi connectivity index (χ2v) is 4.01. The third kappa shape index (κ3) is 2.01. The number of benzene rings is 2. The van der Waals surface area contributed by atoms with Crippen LogP contribution < -0.4 is 10.5 Å². The lowest BCUT2D eigenvalue weighted by molar-refractivity contribution is 0.414. The number of aryl methyl sites for hydroxylation is 1. The Morgan fingerprint density at radius 2 is 1.89 bits per heavy atom. The van der Waals surface area contributed by atoms with Gasteiger partial charge in [0.25, 0.3) is 0 Å². The van der Waals surface area contributed by atoms with Gasteiger partial charge in [-0.3, -0.25) is 0 Å². The largest absolute Gasteiger partial charge is 0.494 e. The van der Waals surface area contributed by atoms with E-state index in [4.69, 9.17) is 10.5 Å². The van der Waals surface area contributed by atoms with Crippen molar-refractivity contribution < 1.29 is 13.5 Å². The third-order valence-corrected chi connectivity index (χ3v) is 2.81. The van der Waals surface area contributed by atoms with Gasteiger partial charge in [0.15, 0.2) is 5.82 Å². The lowest BCUT2D eigenvalue weighted by atomic mass is 10.0. The first-order valence-corrected chi connectivity index (χ1v) is 5.43. The topological polar surface area (TPSA) is 35.2 Å². The number of hydrogen-bond donors (Lipinski definition) is 1. The Morgan fingerprint density at radius 1 is 1.17 bits per heavy atom. The molecular formula is C14H13F2NO. The minimum atomic E-state index is -0.620. The van der Waals surface area contributed by atoms with Crippen LogP contribution in [0.25, 0.3) is 11.1 Å². The summed E-state index contributed by atoms with van der Waals surface area (Å²) >= 11 is 0. The Labute approximate surface area is 104 Å². The van der Waals surface area contributed by atoms with Gasteiger partial charge in [0.2, 0.25) is 0 Å². The highest BCUT2D eigenvalue weighted by Crippen LogP contribution is 2.33. The van der Waals surface area contributed by atoms with Crippen LogP contribution in [-0.4, -0.2) is 7.11 Å². The summed E-state index contributed by atoms with van der Waals surface area (Å²) in [5, 5.41) is 0. The Kier molecular flexibility index (Phi) is 3.19. The molecular weight excluding hydrogens is 236 g/mol. The molecule has 2 rings (SSSR count). The van der Waals surface area contributed by atoms with Gasteiger partial charge in [-0.15, -0.1) is 0 Å².